The summed E-state index contributed by atoms with van der Waals surface area (Å²) in [5, 5.41) is 0. The maximum Gasteiger partial charge on any atom is 0.573 e. The van der Waals surface area contributed by atoms with Crippen LogP contribution in [0.4, 0.5) is 13.2 Å². The van der Waals surface area contributed by atoms with E-state index in [1.807, 2.05) is 4.90 Å². The molecule has 0 bridgehead atoms. The summed E-state index contributed by atoms with van der Waals surface area (Å²) < 4.78 is 39.9. The van der Waals surface area contributed by atoms with Gasteiger partial charge in [0.1, 0.15) is 5.75 Å². The van der Waals surface area contributed by atoms with Crippen LogP contribution in [0.5, 0.6) is 5.75 Å². The van der Waals surface area contributed by atoms with E-state index in [9.17, 15) is 18.0 Å². The lowest BCUT2D eigenvalue weighted by Crippen LogP contribution is -2.39. The Morgan fingerprint density at radius 3 is 2.57 bits per heavy atom. The zero-order valence-corrected chi connectivity index (χ0v) is 11.8. The molecule has 2 rings (SSSR count). The van der Waals surface area contributed by atoms with Crippen LogP contribution in [-0.2, 0) is 11.2 Å². The number of benzene rings is 1. The van der Waals surface area contributed by atoms with E-state index in [-0.39, 0.29) is 18.1 Å². The zero-order valence-electron chi connectivity index (χ0n) is 11.8. The van der Waals surface area contributed by atoms with E-state index in [1.165, 1.54) is 24.3 Å². The second kappa shape index (κ2) is 6.37. The zero-order chi connectivity index (χ0) is 15.5. The summed E-state index contributed by atoms with van der Waals surface area (Å²) in [5.74, 6) is 0.251. The molecule has 1 aromatic rings. The molecule has 1 aliphatic heterocycles. The van der Waals surface area contributed by atoms with Gasteiger partial charge in [-0.2, -0.15) is 0 Å². The highest BCUT2D eigenvalue weighted by Gasteiger charge is 2.31. The van der Waals surface area contributed by atoms with Gasteiger partial charge in [-0.25, -0.2) is 0 Å². The number of carbonyl (C=O) groups excluding carboxylic acids is 1. The van der Waals surface area contributed by atoms with Crippen molar-refractivity contribution in [3.8, 4) is 5.75 Å². The Hall–Kier alpha value is -1.72. The van der Waals surface area contributed by atoms with Crippen LogP contribution in [0.3, 0.4) is 0 Å². The van der Waals surface area contributed by atoms with Gasteiger partial charge in [-0.05, 0) is 36.5 Å². The summed E-state index contributed by atoms with van der Waals surface area (Å²) in [4.78, 5) is 14.0. The summed E-state index contributed by atoms with van der Waals surface area (Å²) in [6.45, 7) is 3.63. The summed E-state index contributed by atoms with van der Waals surface area (Å²) in [7, 11) is 0. The number of hydrogen-bond donors (Lipinski definition) is 0. The molecule has 0 N–H and O–H groups in total. The van der Waals surface area contributed by atoms with Gasteiger partial charge < -0.3 is 9.64 Å². The quantitative estimate of drug-likeness (QED) is 0.856. The van der Waals surface area contributed by atoms with Crippen molar-refractivity contribution >= 4 is 5.91 Å². The molecule has 0 aliphatic carbocycles. The third-order valence-corrected chi connectivity index (χ3v) is 3.52. The number of rotatable bonds is 3. The number of ether oxygens (including phenoxy) is 1. The Morgan fingerprint density at radius 1 is 1.33 bits per heavy atom. The van der Waals surface area contributed by atoms with Crippen molar-refractivity contribution in [3.63, 3.8) is 0 Å². The highest BCUT2D eigenvalue weighted by molar-refractivity contribution is 5.78. The molecule has 1 aromatic carbocycles. The van der Waals surface area contributed by atoms with Gasteiger partial charge in [0.05, 0.1) is 6.42 Å². The van der Waals surface area contributed by atoms with E-state index in [4.69, 9.17) is 0 Å². The third-order valence-electron chi connectivity index (χ3n) is 3.52. The molecule has 6 heteroatoms. The Labute approximate surface area is 121 Å². The van der Waals surface area contributed by atoms with Crippen molar-refractivity contribution in [2.75, 3.05) is 13.1 Å². The maximum absolute atomic E-state index is 12.1. The van der Waals surface area contributed by atoms with Crippen LogP contribution in [0, 0.1) is 5.92 Å². The minimum atomic E-state index is -4.69. The maximum atomic E-state index is 12.1. The van der Waals surface area contributed by atoms with Crippen LogP contribution in [0.1, 0.15) is 25.3 Å². The fraction of sp³-hybridized carbons (Fsp3) is 0.533. The third kappa shape index (κ3) is 4.95. The molecule has 3 nitrogen and oxygen atoms in total. The van der Waals surface area contributed by atoms with Gasteiger partial charge in [0.2, 0.25) is 5.91 Å². The number of nitrogens with zero attached hydrogens (tertiary/aromatic N) is 1. The summed E-state index contributed by atoms with van der Waals surface area (Å²) in [5.41, 5.74) is 0.688. The molecule has 1 amide bonds. The van der Waals surface area contributed by atoms with E-state index in [1.54, 1.807) is 0 Å². The lowest BCUT2D eigenvalue weighted by molar-refractivity contribution is -0.274. The van der Waals surface area contributed by atoms with Gasteiger partial charge in [0.15, 0.2) is 0 Å². The fourth-order valence-corrected chi connectivity index (χ4v) is 2.51. The van der Waals surface area contributed by atoms with Gasteiger partial charge in [0, 0.05) is 13.1 Å². The molecule has 1 unspecified atom stereocenters. The van der Waals surface area contributed by atoms with Crippen molar-refractivity contribution in [2.24, 2.45) is 5.92 Å². The molecule has 1 saturated heterocycles. The predicted octanol–water partition coefficient (Wildman–Crippen LogP) is 3.39. The first-order valence-corrected chi connectivity index (χ1v) is 6.96. The first kappa shape index (κ1) is 15.7. The van der Waals surface area contributed by atoms with Gasteiger partial charge in [-0.15, -0.1) is 13.2 Å². The molecule has 0 radical (unpaired) electrons. The molecule has 0 spiro atoms. The largest absolute Gasteiger partial charge is 0.573 e. The van der Waals surface area contributed by atoms with E-state index in [2.05, 4.69) is 11.7 Å². The van der Waals surface area contributed by atoms with Crippen LogP contribution in [0.2, 0.25) is 0 Å². The molecule has 0 saturated carbocycles. The average molecular weight is 301 g/mol. The Morgan fingerprint density at radius 2 is 2.00 bits per heavy atom. The highest BCUT2D eigenvalue weighted by atomic mass is 19.4. The lowest BCUT2D eigenvalue weighted by atomic mass is 9.99. The number of alkyl halides is 3. The molecular formula is C15H18F3NO2. The topological polar surface area (TPSA) is 29.5 Å². The first-order chi connectivity index (χ1) is 9.83. The molecule has 1 atom stereocenters. The molecule has 1 fully saturated rings. The van der Waals surface area contributed by atoms with Crippen LogP contribution in [0.25, 0.3) is 0 Å². The molecule has 0 aromatic heterocycles. The highest BCUT2D eigenvalue weighted by Crippen LogP contribution is 2.23. The van der Waals surface area contributed by atoms with Crippen LogP contribution < -0.4 is 4.74 Å². The predicted molar refractivity (Wildman–Crippen MR) is 71.8 cm³/mol. The standard InChI is InChI=1S/C15H18F3NO2/c1-11-3-2-8-19(10-11)14(20)9-12-4-6-13(7-5-12)21-15(16,17)18/h4-7,11H,2-3,8-10H2,1H3. The molecule has 21 heavy (non-hydrogen) atoms. The van der Waals surface area contributed by atoms with Gasteiger partial charge in [0.25, 0.3) is 0 Å². The number of halogens is 3. The second-order valence-corrected chi connectivity index (χ2v) is 5.46. The number of piperidine rings is 1. The lowest BCUT2D eigenvalue weighted by Gasteiger charge is -2.31. The minimum Gasteiger partial charge on any atom is -0.406 e. The smallest absolute Gasteiger partial charge is 0.406 e. The molecule has 116 valence electrons. The Bertz CT molecular complexity index is 485. The van der Waals surface area contributed by atoms with E-state index in [0.29, 0.717) is 11.5 Å². The first-order valence-electron chi connectivity index (χ1n) is 6.96. The van der Waals surface area contributed by atoms with E-state index in [0.717, 1.165) is 25.9 Å². The number of likely N-dealkylation sites (tertiary alicyclic amines) is 1. The van der Waals surface area contributed by atoms with Crippen molar-refractivity contribution < 1.29 is 22.7 Å². The SMILES string of the molecule is CC1CCCN(C(=O)Cc2ccc(OC(F)(F)F)cc2)C1. The number of carbonyl (C=O) groups is 1. The Balaban J connectivity index is 1.92. The molecule has 1 aliphatic rings. The number of hydrogen-bond acceptors (Lipinski definition) is 2. The molecule has 1 heterocycles. The number of amides is 1. The normalized spacial score (nSPS) is 19.4. The minimum absolute atomic E-state index is 0.0195. The van der Waals surface area contributed by atoms with E-state index >= 15 is 0 Å². The second-order valence-electron chi connectivity index (χ2n) is 5.46. The average Bonchev–Trinajstić information content (AvgIpc) is 2.39. The van der Waals surface area contributed by atoms with Gasteiger partial charge in [-0.3, -0.25) is 4.79 Å². The monoisotopic (exact) mass is 301 g/mol. The fourth-order valence-electron chi connectivity index (χ4n) is 2.51. The summed E-state index contributed by atoms with van der Waals surface area (Å²) in [6, 6.07) is 5.45. The van der Waals surface area contributed by atoms with Crippen LogP contribution in [0.15, 0.2) is 24.3 Å². The van der Waals surface area contributed by atoms with Crippen molar-refractivity contribution in [1.29, 1.82) is 0 Å². The summed E-state index contributed by atoms with van der Waals surface area (Å²) in [6.07, 6.45) is -2.35. The summed E-state index contributed by atoms with van der Waals surface area (Å²) >= 11 is 0. The van der Waals surface area contributed by atoms with Crippen molar-refractivity contribution in [1.82, 2.24) is 4.90 Å². The van der Waals surface area contributed by atoms with Crippen molar-refractivity contribution in [2.45, 2.75) is 32.5 Å². The van der Waals surface area contributed by atoms with Crippen LogP contribution >= 0.6 is 0 Å². The van der Waals surface area contributed by atoms with Gasteiger partial charge >= 0.3 is 6.36 Å². The van der Waals surface area contributed by atoms with Crippen LogP contribution in [-0.4, -0.2) is 30.3 Å². The Kier molecular flexibility index (Phi) is 4.75. The molecular weight excluding hydrogens is 283 g/mol. The van der Waals surface area contributed by atoms with Crippen molar-refractivity contribution in [3.05, 3.63) is 29.8 Å². The van der Waals surface area contributed by atoms with Gasteiger partial charge in [-0.1, -0.05) is 19.1 Å². The van der Waals surface area contributed by atoms with E-state index < -0.39 is 6.36 Å².